The lowest BCUT2D eigenvalue weighted by Gasteiger charge is -2.32. The Morgan fingerprint density at radius 1 is 1.60 bits per heavy atom. The van der Waals surface area contributed by atoms with Crippen LogP contribution in [0.3, 0.4) is 0 Å². The van der Waals surface area contributed by atoms with Gasteiger partial charge in [0.25, 0.3) is 0 Å². The van der Waals surface area contributed by atoms with Crippen LogP contribution in [0.25, 0.3) is 0 Å². The number of hydrogen-bond acceptors (Lipinski definition) is 4. The Bertz CT molecular complexity index is 292. The van der Waals surface area contributed by atoms with Gasteiger partial charge >= 0.3 is 0 Å². The molecule has 0 radical (unpaired) electrons. The molecule has 5 nitrogen and oxygen atoms in total. The van der Waals surface area contributed by atoms with Gasteiger partial charge < -0.3 is 10.1 Å². The molecule has 0 amide bonds. The molecule has 2 atom stereocenters. The third-order valence-corrected chi connectivity index (χ3v) is 4.81. The van der Waals surface area contributed by atoms with Crippen molar-refractivity contribution in [3.8, 4) is 0 Å². The Labute approximate surface area is 91.8 Å². The fourth-order valence-corrected chi connectivity index (χ4v) is 3.30. The number of methoxy groups -OCH3 is 1. The molecule has 6 heteroatoms. The lowest BCUT2D eigenvalue weighted by atomic mass is 10.3. The summed E-state index contributed by atoms with van der Waals surface area (Å²) >= 11 is 0. The molecule has 1 aliphatic rings. The number of hydrogen-bond donors (Lipinski definition) is 1. The van der Waals surface area contributed by atoms with Gasteiger partial charge in [-0.2, -0.15) is 4.31 Å². The van der Waals surface area contributed by atoms with Gasteiger partial charge in [-0.1, -0.05) is 0 Å². The Morgan fingerprint density at radius 3 is 2.80 bits per heavy atom. The standard InChI is InChI=1S/C9H20N2O3S/c1-8-6-11(5-4-10-8)15(12,13)9(2)7-14-3/h8-10H,4-7H2,1-3H3/t8-,9?/m1/s1. The van der Waals surface area contributed by atoms with E-state index in [1.165, 1.54) is 7.11 Å². The van der Waals surface area contributed by atoms with Crippen LogP contribution in [0.4, 0.5) is 0 Å². The third kappa shape index (κ3) is 3.14. The zero-order valence-electron chi connectivity index (χ0n) is 9.56. The van der Waals surface area contributed by atoms with E-state index in [2.05, 4.69) is 5.32 Å². The minimum absolute atomic E-state index is 0.225. The molecule has 1 unspecified atom stereocenters. The molecule has 0 spiro atoms. The third-order valence-electron chi connectivity index (χ3n) is 2.60. The molecule has 1 fully saturated rings. The van der Waals surface area contributed by atoms with Crippen LogP contribution < -0.4 is 5.32 Å². The number of nitrogens with one attached hydrogen (secondary N) is 1. The first kappa shape index (κ1) is 12.9. The second-order valence-electron chi connectivity index (χ2n) is 4.02. The highest BCUT2D eigenvalue weighted by molar-refractivity contribution is 7.89. The monoisotopic (exact) mass is 236 g/mol. The maximum atomic E-state index is 12.0. The summed E-state index contributed by atoms with van der Waals surface area (Å²) in [6.07, 6.45) is 0. The fraction of sp³-hybridized carbons (Fsp3) is 1.00. The Hall–Kier alpha value is -0.170. The zero-order valence-corrected chi connectivity index (χ0v) is 10.4. The van der Waals surface area contributed by atoms with Crippen LogP contribution in [0.15, 0.2) is 0 Å². The van der Waals surface area contributed by atoms with E-state index >= 15 is 0 Å². The van der Waals surface area contributed by atoms with Gasteiger partial charge in [0.2, 0.25) is 10.0 Å². The van der Waals surface area contributed by atoms with Gasteiger partial charge in [0.1, 0.15) is 0 Å². The van der Waals surface area contributed by atoms with Crippen molar-refractivity contribution in [3.63, 3.8) is 0 Å². The number of piperazine rings is 1. The first-order chi connectivity index (χ1) is 6.98. The molecule has 1 heterocycles. The van der Waals surface area contributed by atoms with E-state index in [0.29, 0.717) is 13.1 Å². The maximum absolute atomic E-state index is 12.0. The van der Waals surface area contributed by atoms with Gasteiger partial charge in [-0.15, -0.1) is 0 Å². The van der Waals surface area contributed by atoms with E-state index in [1.807, 2.05) is 6.92 Å². The summed E-state index contributed by atoms with van der Waals surface area (Å²) in [5, 5.41) is 2.75. The molecule has 15 heavy (non-hydrogen) atoms. The summed E-state index contributed by atoms with van der Waals surface area (Å²) in [5.41, 5.74) is 0. The van der Waals surface area contributed by atoms with Gasteiger partial charge in [-0.3, -0.25) is 0 Å². The van der Waals surface area contributed by atoms with E-state index in [4.69, 9.17) is 4.74 Å². The Balaban J connectivity index is 2.67. The summed E-state index contributed by atoms with van der Waals surface area (Å²) in [6.45, 7) is 5.76. The number of rotatable bonds is 4. The minimum atomic E-state index is -3.19. The summed E-state index contributed by atoms with van der Waals surface area (Å²) in [4.78, 5) is 0. The van der Waals surface area contributed by atoms with Gasteiger partial charge in [-0.25, -0.2) is 8.42 Å². The van der Waals surface area contributed by atoms with Gasteiger partial charge in [-0.05, 0) is 13.8 Å². The molecular weight excluding hydrogens is 216 g/mol. The molecule has 0 aliphatic carbocycles. The van der Waals surface area contributed by atoms with Crippen molar-refractivity contribution < 1.29 is 13.2 Å². The van der Waals surface area contributed by atoms with Crippen LogP contribution in [0.5, 0.6) is 0 Å². The lowest BCUT2D eigenvalue weighted by molar-refractivity contribution is 0.196. The average molecular weight is 236 g/mol. The number of sulfonamides is 1. The van der Waals surface area contributed by atoms with Gasteiger partial charge in [0.15, 0.2) is 0 Å². The highest BCUT2D eigenvalue weighted by atomic mass is 32.2. The van der Waals surface area contributed by atoms with Crippen molar-refractivity contribution >= 4 is 10.0 Å². The van der Waals surface area contributed by atoms with Crippen LogP contribution in [0.2, 0.25) is 0 Å². The van der Waals surface area contributed by atoms with Crippen LogP contribution >= 0.6 is 0 Å². The predicted octanol–water partition coefficient (Wildman–Crippen LogP) is -0.355. The summed E-state index contributed by atoms with van der Waals surface area (Å²) < 4.78 is 30.5. The van der Waals surface area contributed by atoms with Crippen molar-refractivity contribution in [1.82, 2.24) is 9.62 Å². The predicted molar refractivity (Wildman–Crippen MR) is 59.3 cm³/mol. The fourth-order valence-electron chi connectivity index (χ4n) is 1.70. The first-order valence-corrected chi connectivity index (χ1v) is 6.70. The van der Waals surface area contributed by atoms with Crippen LogP contribution in [-0.4, -0.2) is 57.4 Å². The second-order valence-corrected chi connectivity index (χ2v) is 6.38. The molecule has 90 valence electrons. The molecular formula is C9H20N2O3S. The van der Waals surface area contributed by atoms with Gasteiger partial charge in [0, 0.05) is 32.8 Å². The highest BCUT2D eigenvalue weighted by Crippen LogP contribution is 2.12. The first-order valence-electron chi connectivity index (χ1n) is 5.19. The van der Waals surface area contributed by atoms with Crippen LogP contribution in [-0.2, 0) is 14.8 Å². The largest absolute Gasteiger partial charge is 0.383 e. The molecule has 0 aromatic carbocycles. The summed E-state index contributed by atoms with van der Waals surface area (Å²) in [7, 11) is -1.67. The van der Waals surface area contributed by atoms with E-state index in [-0.39, 0.29) is 12.6 Å². The van der Waals surface area contributed by atoms with Crippen LogP contribution in [0, 0.1) is 0 Å². The van der Waals surface area contributed by atoms with E-state index in [9.17, 15) is 8.42 Å². The lowest BCUT2D eigenvalue weighted by Crippen LogP contribution is -2.53. The Morgan fingerprint density at radius 2 is 2.27 bits per heavy atom. The zero-order chi connectivity index (χ0) is 11.5. The van der Waals surface area contributed by atoms with Gasteiger partial charge in [0.05, 0.1) is 11.9 Å². The van der Waals surface area contributed by atoms with Crippen molar-refractivity contribution in [2.45, 2.75) is 25.1 Å². The number of nitrogens with zero attached hydrogens (tertiary/aromatic N) is 1. The average Bonchev–Trinajstić information content (AvgIpc) is 2.18. The van der Waals surface area contributed by atoms with E-state index in [1.54, 1.807) is 11.2 Å². The smallest absolute Gasteiger partial charge is 0.219 e. The van der Waals surface area contributed by atoms with Crippen molar-refractivity contribution in [3.05, 3.63) is 0 Å². The molecule has 0 saturated carbocycles. The van der Waals surface area contributed by atoms with Crippen molar-refractivity contribution in [2.24, 2.45) is 0 Å². The maximum Gasteiger partial charge on any atom is 0.219 e. The number of ether oxygens (including phenoxy) is 1. The molecule has 0 aromatic heterocycles. The second kappa shape index (κ2) is 5.25. The normalized spacial score (nSPS) is 26.5. The quantitative estimate of drug-likeness (QED) is 0.724. The van der Waals surface area contributed by atoms with Crippen molar-refractivity contribution in [1.29, 1.82) is 0 Å². The van der Waals surface area contributed by atoms with Crippen molar-refractivity contribution in [2.75, 3.05) is 33.4 Å². The molecule has 1 N–H and O–H groups in total. The molecule has 1 saturated heterocycles. The van der Waals surface area contributed by atoms with Crippen LogP contribution in [0.1, 0.15) is 13.8 Å². The summed E-state index contributed by atoms with van der Waals surface area (Å²) in [6, 6.07) is 0.225. The van der Waals surface area contributed by atoms with E-state index in [0.717, 1.165) is 6.54 Å². The Kier molecular flexibility index (Phi) is 4.51. The molecule has 0 bridgehead atoms. The summed E-state index contributed by atoms with van der Waals surface area (Å²) in [5.74, 6) is 0. The highest BCUT2D eigenvalue weighted by Gasteiger charge is 2.31. The molecule has 1 rings (SSSR count). The topological polar surface area (TPSA) is 58.6 Å². The minimum Gasteiger partial charge on any atom is -0.383 e. The van der Waals surface area contributed by atoms with E-state index < -0.39 is 15.3 Å². The SMILES string of the molecule is COCC(C)S(=O)(=O)N1CCN[C@H](C)C1. The molecule has 0 aromatic rings. The molecule has 1 aliphatic heterocycles.